The van der Waals surface area contributed by atoms with Gasteiger partial charge in [0.2, 0.25) is 0 Å². The van der Waals surface area contributed by atoms with Crippen molar-refractivity contribution in [2.75, 3.05) is 6.54 Å². The molecule has 1 aliphatic rings. The van der Waals surface area contributed by atoms with E-state index in [1.165, 1.54) is 32.2 Å². The summed E-state index contributed by atoms with van der Waals surface area (Å²) in [6, 6.07) is 0.878. The Bertz CT molecular complexity index is 118. The summed E-state index contributed by atoms with van der Waals surface area (Å²) in [5, 5.41) is 3.62. The van der Waals surface area contributed by atoms with E-state index < -0.39 is 0 Å². The molecule has 2 atom stereocenters. The number of rotatable bonds is 6. The Morgan fingerprint density at radius 3 is 2.33 bits per heavy atom. The molecular weight excluding hydrogens is 146 g/mol. The fourth-order valence-electron chi connectivity index (χ4n) is 1.69. The van der Waals surface area contributed by atoms with Gasteiger partial charge >= 0.3 is 0 Å². The molecule has 0 aromatic carbocycles. The van der Waals surface area contributed by atoms with E-state index in [-0.39, 0.29) is 0 Å². The molecule has 0 saturated heterocycles. The summed E-state index contributed by atoms with van der Waals surface area (Å²) >= 11 is 0. The maximum atomic E-state index is 3.62. The zero-order valence-electron chi connectivity index (χ0n) is 8.77. The summed E-state index contributed by atoms with van der Waals surface area (Å²) < 4.78 is 0. The van der Waals surface area contributed by atoms with E-state index in [9.17, 15) is 0 Å². The van der Waals surface area contributed by atoms with Crippen LogP contribution >= 0.6 is 0 Å². The van der Waals surface area contributed by atoms with Crippen LogP contribution in [0, 0.1) is 11.8 Å². The Hall–Kier alpha value is -0.0400. The highest BCUT2D eigenvalue weighted by atomic mass is 14.9. The predicted octanol–water partition coefficient (Wildman–Crippen LogP) is 2.81. The molecule has 72 valence electrons. The molecule has 2 unspecified atom stereocenters. The topological polar surface area (TPSA) is 12.0 Å². The number of nitrogens with one attached hydrogen (secondary N) is 1. The first kappa shape index (κ1) is 10.0. The highest BCUT2D eigenvalue weighted by Crippen LogP contribution is 2.22. The molecule has 1 N–H and O–H groups in total. The van der Waals surface area contributed by atoms with E-state index in [1.807, 2.05) is 0 Å². The zero-order valence-corrected chi connectivity index (χ0v) is 8.77. The van der Waals surface area contributed by atoms with Crippen LogP contribution in [0.4, 0.5) is 0 Å². The summed E-state index contributed by atoms with van der Waals surface area (Å²) in [6.07, 6.45) is 5.48. The van der Waals surface area contributed by atoms with Gasteiger partial charge < -0.3 is 5.32 Å². The van der Waals surface area contributed by atoms with Gasteiger partial charge in [0.05, 0.1) is 0 Å². The summed E-state index contributed by atoms with van der Waals surface area (Å²) in [6.45, 7) is 8.23. The molecule has 0 aliphatic heterocycles. The lowest BCUT2D eigenvalue weighted by atomic mass is 9.89. The molecule has 0 radical (unpaired) electrons. The lowest BCUT2D eigenvalue weighted by molar-refractivity contribution is 0.321. The van der Waals surface area contributed by atoms with E-state index >= 15 is 0 Å². The van der Waals surface area contributed by atoms with E-state index in [1.54, 1.807) is 0 Å². The standard InChI is InChI=1S/C11H23N/c1-4-9(3)10(5-2)8-12-11-6-7-11/h9-12H,4-8H2,1-3H3. The Labute approximate surface area is 76.9 Å². The molecule has 1 rings (SSSR count). The van der Waals surface area contributed by atoms with Crippen molar-refractivity contribution in [3.05, 3.63) is 0 Å². The third-order valence-electron chi connectivity index (χ3n) is 3.22. The molecule has 0 aromatic rings. The van der Waals surface area contributed by atoms with Crippen LogP contribution in [0.15, 0.2) is 0 Å². The lowest BCUT2D eigenvalue weighted by Crippen LogP contribution is -2.28. The van der Waals surface area contributed by atoms with Crippen LogP contribution < -0.4 is 5.32 Å². The van der Waals surface area contributed by atoms with Crippen LogP contribution in [-0.2, 0) is 0 Å². The Kier molecular flexibility index (Phi) is 4.07. The third-order valence-corrected chi connectivity index (χ3v) is 3.22. The van der Waals surface area contributed by atoms with Gasteiger partial charge in [-0.05, 0) is 31.2 Å². The molecule has 1 heteroatoms. The highest BCUT2D eigenvalue weighted by Gasteiger charge is 2.22. The van der Waals surface area contributed by atoms with Crippen molar-refractivity contribution in [3.8, 4) is 0 Å². The lowest BCUT2D eigenvalue weighted by Gasteiger charge is -2.21. The fourth-order valence-corrected chi connectivity index (χ4v) is 1.69. The average molecular weight is 169 g/mol. The van der Waals surface area contributed by atoms with Crippen molar-refractivity contribution in [2.24, 2.45) is 11.8 Å². The average Bonchev–Trinajstić information content (AvgIpc) is 2.88. The first-order chi connectivity index (χ1) is 5.77. The van der Waals surface area contributed by atoms with Crippen LogP contribution in [0.1, 0.15) is 46.5 Å². The van der Waals surface area contributed by atoms with Crippen LogP contribution in [0.3, 0.4) is 0 Å². The maximum Gasteiger partial charge on any atom is 0.00683 e. The van der Waals surface area contributed by atoms with Gasteiger partial charge in [-0.2, -0.15) is 0 Å². The number of hydrogen-bond donors (Lipinski definition) is 1. The van der Waals surface area contributed by atoms with Crippen molar-refractivity contribution in [3.63, 3.8) is 0 Å². The quantitative estimate of drug-likeness (QED) is 0.644. The van der Waals surface area contributed by atoms with E-state index in [0.29, 0.717) is 0 Å². The van der Waals surface area contributed by atoms with Gasteiger partial charge in [0.1, 0.15) is 0 Å². The van der Waals surface area contributed by atoms with Crippen LogP contribution in [0.2, 0.25) is 0 Å². The second-order valence-electron chi connectivity index (χ2n) is 4.24. The van der Waals surface area contributed by atoms with Gasteiger partial charge in [-0.25, -0.2) is 0 Å². The molecule has 0 spiro atoms. The summed E-state index contributed by atoms with van der Waals surface area (Å²) in [5.74, 6) is 1.79. The molecular formula is C11H23N. The van der Waals surface area contributed by atoms with Crippen molar-refractivity contribution in [1.82, 2.24) is 5.32 Å². The molecule has 0 bridgehead atoms. The van der Waals surface area contributed by atoms with E-state index in [4.69, 9.17) is 0 Å². The summed E-state index contributed by atoms with van der Waals surface area (Å²) in [4.78, 5) is 0. The molecule has 1 nitrogen and oxygen atoms in total. The molecule has 0 aromatic heterocycles. The molecule has 0 amide bonds. The van der Waals surface area contributed by atoms with Crippen molar-refractivity contribution in [1.29, 1.82) is 0 Å². The minimum Gasteiger partial charge on any atom is -0.314 e. The Balaban J connectivity index is 2.13. The van der Waals surface area contributed by atoms with Gasteiger partial charge in [0.15, 0.2) is 0 Å². The first-order valence-electron chi connectivity index (χ1n) is 5.51. The largest absolute Gasteiger partial charge is 0.314 e. The smallest absolute Gasteiger partial charge is 0.00683 e. The van der Waals surface area contributed by atoms with Gasteiger partial charge in [0, 0.05) is 6.04 Å². The molecule has 0 heterocycles. The van der Waals surface area contributed by atoms with Crippen LogP contribution in [-0.4, -0.2) is 12.6 Å². The minimum absolute atomic E-state index is 0.878. The molecule has 1 aliphatic carbocycles. The number of hydrogen-bond acceptors (Lipinski definition) is 1. The zero-order chi connectivity index (χ0) is 8.97. The van der Waals surface area contributed by atoms with Crippen molar-refractivity contribution in [2.45, 2.75) is 52.5 Å². The fraction of sp³-hybridized carbons (Fsp3) is 1.00. The van der Waals surface area contributed by atoms with Crippen LogP contribution in [0.5, 0.6) is 0 Å². The molecule has 12 heavy (non-hydrogen) atoms. The Morgan fingerprint density at radius 2 is 1.92 bits per heavy atom. The van der Waals surface area contributed by atoms with Gasteiger partial charge in [-0.3, -0.25) is 0 Å². The van der Waals surface area contributed by atoms with E-state index in [0.717, 1.165) is 17.9 Å². The van der Waals surface area contributed by atoms with Crippen molar-refractivity contribution < 1.29 is 0 Å². The third kappa shape index (κ3) is 3.14. The van der Waals surface area contributed by atoms with Crippen molar-refractivity contribution >= 4 is 0 Å². The first-order valence-corrected chi connectivity index (χ1v) is 5.51. The second kappa shape index (κ2) is 4.86. The van der Waals surface area contributed by atoms with Gasteiger partial charge in [-0.15, -0.1) is 0 Å². The molecule has 1 fully saturated rings. The summed E-state index contributed by atoms with van der Waals surface area (Å²) in [5.41, 5.74) is 0. The van der Waals surface area contributed by atoms with Crippen LogP contribution in [0.25, 0.3) is 0 Å². The normalized spacial score (nSPS) is 22.2. The second-order valence-corrected chi connectivity index (χ2v) is 4.24. The predicted molar refractivity (Wildman–Crippen MR) is 54.3 cm³/mol. The maximum absolute atomic E-state index is 3.62. The van der Waals surface area contributed by atoms with Gasteiger partial charge in [-0.1, -0.05) is 33.6 Å². The molecule has 1 saturated carbocycles. The van der Waals surface area contributed by atoms with E-state index in [2.05, 4.69) is 26.1 Å². The Morgan fingerprint density at radius 1 is 1.25 bits per heavy atom. The monoisotopic (exact) mass is 169 g/mol. The minimum atomic E-state index is 0.878. The van der Waals surface area contributed by atoms with Gasteiger partial charge in [0.25, 0.3) is 0 Å². The highest BCUT2D eigenvalue weighted by molar-refractivity contribution is 4.82. The SMILES string of the molecule is CCC(C)C(CC)CNC1CC1. The summed E-state index contributed by atoms with van der Waals surface area (Å²) in [7, 11) is 0.